The number of benzene rings is 1. The average molecular weight is 665 g/mol. The molecule has 15 nitrogen and oxygen atoms in total. The summed E-state index contributed by atoms with van der Waals surface area (Å²) in [7, 11) is -1.66. The number of carbonyl (C=O) groups excluding carboxylic acids is 4. The quantitative estimate of drug-likeness (QED) is 0.102. The van der Waals surface area contributed by atoms with Crippen molar-refractivity contribution in [1.82, 2.24) is 20.9 Å². The Morgan fingerprint density at radius 2 is 1.60 bits per heavy atom. The Morgan fingerprint density at radius 1 is 0.979 bits per heavy atom. The minimum absolute atomic E-state index is 0.0210. The molecule has 1 aromatic rings. The number of carboxylic acid groups (broad SMARTS) is 1. The van der Waals surface area contributed by atoms with Crippen LogP contribution in [0.15, 0.2) is 30.3 Å². The van der Waals surface area contributed by atoms with Gasteiger partial charge in [-0.25, -0.2) is 19.2 Å². The van der Waals surface area contributed by atoms with Gasteiger partial charge >= 0.3 is 31.4 Å². The lowest BCUT2D eigenvalue weighted by atomic mass is 9.75. The fraction of sp³-hybridized carbons (Fsp3) is 0.645. The van der Waals surface area contributed by atoms with Crippen molar-refractivity contribution in [3.63, 3.8) is 0 Å². The molecule has 1 aliphatic rings. The zero-order valence-electron chi connectivity index (χ0n) is 28.0. The van der Waals surface area contributed by atoms with Crippen LogP contribution in [-0.2, 0) is 30.4 Å². The minimum Gasteiger partial charge on any atom is -0.479 e. The van der Waals surface area contributed by atoms with Crippen LogP contribution in [0, 0.1) is 5.92 Å². The summed E-state index contributed by atoms with van der Waals surface area (Å²) < 4.78 is 15.9. The van der Waals surface area contributed by atoms with E-state index in [0.29, 0.717) is 0 Å². The molecule has 0 saturated carbocycles. The van der Waals surface area contributed by atoms with E-state index in [4.69, 9.17) is 14.2 Å². The third kappa shape index (κ3) is 14.5. The van der Waals surface area contributed by atoms with Gasteiger partial charge in [0.25, 0.3) is 0 Å². The standard InChI is InChI=1S/C31H49BN4O11/c1-29(2,3)46-27(41)34-23(13-10-16-33-26(40)45-19-21-11-8-7-9-12-21)24(37)36-18-22(14-15-32(43)44)17-31(20-36,25(38)39)35-28(42)47-30(4,5)6/h7-9,11-12,22-23,43-44H,10,13-20H2,1-6H3,(H,33,40)(H,34,41)(H,35,42)(H,38,39)/t22-,23?,31+/m0/s1. The number of ether oxygens (including phenoxy) is 3. The number of carboxylic acids is 1. The smallest absolute Gasteiger partial charge is 0.451 e. The Kier molecular flexibility index (Phi) is 14.3. The SMILES string of the molecule is CC(C)(C)OC(=O)NC(CCCNC(=O)OCc1ccccc1)C(=O)N1C[C@@H](CCB(O)O)C[C@](NC(=O)OC(C)(C)C)(C(=O)O)C1. The summed E-state index contributed by atoms with van der Waals surface area (Å²) in [6.07, 6.45) is -2.36. The first-order chi connectivity index (χ1) is 21.8. The number of nitrogens with zero attached hydrogens (tertiary/aromatic N) is 1. The number of rotatable bonds is 13. The molecule has 1 unspecified atom stereocenters. The van der Waals surface area contributed by atoms with Gasteiger partial charge in [0, 0.05) is 13.1 Å². The van der Waals surface area contributed by atoms with Gasteiger partial charge in [-0.15, -0.1) is 0 Å². The van der Waals surface area contributed by atoms with Gasteiger partial charge in [0.15, 0.2) is 5.54 Å². The van der Waals surface area contributed by atoms with Crippen LogP contribution in [0.1, 0.15) is 72.8 Å². The fourth-order valence-corrected chi connectivity index (χ4v) is 5.07. The maximum Gasteiger partial charge on any atom is 0.451 e. The summed E-state index contributed by atoms with van der Waals surface area (Å²) in [4.78, 5) is 65.6. The number of likely N-dealkylation sites (tertiary alicyclic amines) is 1. The van der Waals surface area contributed by atoms with Gasteiger partial charge in [0.05, 0.1) is 6.54 Å². The highest BCUT2D eigenvalue weighted by Crippen LogP contribution is 2.31. The molecule has 1 saturated heterocycles. The summed E-state index contributed by atoms with van der Waals surface area (Å²) in [5.41, 5.74) is -2.97. The molecule has 1 fully saturated rings. The van der Waals surface area contributed by atoms with Crippen molar-refractivity contribution < 1.29 is 53.3 Å². The number of alkyl carbamates (subject to hydrolysis) is 3. The molecule has 4 amide bonds. The van der Waals surface area contributed by atoms with Crippen LogP contribution in [0.5, 0.6) is 0 Å². The summed E-state index contributed by atoms with van der Waals surface area (Å²) in [5.74, 6) is -2.62. The fourth-order valence-electron chi connectivity index (χ4n) is 5.07. The maximum atomic E-state index is 14.0. The predicted molar refractivity (Wildman–Crippen MR) is 171 cm³/mol. The first kappa shape index (κ1) is 39.1. The van der Waals surface area contributed by atoms with Crippen molar-refractivity contribution >= 4 is 37.3 Å². The van der Waals surface area contributed by atoms with Gasteiger partial charge in [0.1, 0.15) is 23.9 Å². The van der Waals surface area contributed by atoms with Crippen molar-refractivity contribution in [2.45, 2.75) is 103 Å². The number of piperidine rings is 1. The van der Waals surface area contributed by atoms with E-state index in [-0.39, 0.29) is 51.7 Å². The Hall–Kier alpha value is -4.05. The molecule has 1 aromatic carbocycles. The van der Waals surface area contributed by atoms with Crippen molar-refractivity contribution in [1.29, 1.82) is 0 Å². The van der Waals surface area contributed by atoms with Crippen molar-refractivity contribution in [2.24, 2.45) is 5.92 Å². The van der Waals surface area contributed by atoms with E-state index in [2.05, 4.69) is 16.0 Å². The second kappa shape index (κ2) is 17.2. The Morgan fingerprint density at radius 3 is 2.17 bits per heavy atom. The maximum absolute atomic E-state index is 14.0. The van der Waals surface area contributed by atoms with Crippen LogP contribution in [0.2, 0.25) is 6.32 Å². The molecule has 16 heteroatoms. The zero-order valence-corrected chi connectivity index (χ0v) is 28.0. The second-order valence-electron chi connectivity index (χ2n) is 13.7. The Bertz CT molecular complexity index is 1220. The number of hydrogen-bond acceptors (Lipinski definition) is 10. The van der Waals surface area contributed by atoms with Gasteiger partial charge in [-0.1, -0.05) is 36.8 Å². The number of hydrogen-bond donors (Lipinski definition) is 6. The lowest BCUT2D eigenvalue weighted by molar-refractivity contribution is -0.152. The molecular weight excluding hydrogens is 615 g/mol. The lowest BCUT2D eigenvalue weighted by Gasteiger charge is -2.45. The molecular formula is C31H49BN4O11. The van der Waals surface area contributed by atoms with Gasteiger partial charge < -0.3 is 50.2 Å². The van der Waals surface area contributed by atoms with Crippen molar-refractivity contribution in [3.05, 3.63) is 35.9 Å². The summed E-state index contributed by atoms with van der Waals surface area (Å²) in [6.45, 7) is 9.56. The van der Waals surface area contributed by atoms with Crippen LogP contribution in [0.4, 0.5) is 14.4 Å². The summed E-state index contributed by atoms with van der Waals surface area (Å²) in [5, 5.41) is 36.9. The highest BCUT2D eigenvalue weighted by molar-refractivity contribution is 6.40. The second-order valence-corrected chi connectivity index (χ2v) is 13.7. The van der Waals surface area contributed by atoms with E-state index in [1.807, 2.05) is 30.3 Å². The summed E-state index contributed by atoms with van der Waals surface area (Å²) >= 11 is 0. The van der Waals surface area contributed by atoms with Crippen molar-refractivity contribution in [3.8, 4) is 0 Å². The third-order valence-electron chi connectivity index (χ3n) is 7.01. The highest BCUT2D eigenvalue weighted by Gasteiger charge is 2.49. The Balaban J connectivity index is 2.23. The normalized spacial score (nSPS) is 18.7. The van der Waals surface area contributed by atoms with E-state index in [9.17, 15) is 39.1 Å². The lowest BCUT2D eigenvalue weighted by Crippen LogP contribution is -2.67. The molecule has 47 heavy (non-hydrogen) atoms. The van der Waals surface area contributed by atoms with Gasteiger partial charge in [-0.2, -0.15) is 0 Å². The van der Waals surface area contributed by atoms with E-state index in [0.717, 1.165) is 5.56 Å². The van der Waals surface area contributed by atoms with E-state index < -0.39 is 72.5 Å². The number of aliphatic carboxylic acids is 1. The topological polar surface area (TPSA) is 213 Å². The number of amides is 4. The van der Waals surface area contributed by atoms with Crippen LogP contribution in [0.25, 0.3) is 0 Å². The largest absolute Gasteiger partial charge is 0.479 e. The predicted octanol–water partition coefficient (Wildman–Crippen LogP) is 2.65. The Labute approximate surface area is 275 Å². The van der Waals surface area contributed by atoms with Crippen LogP contribution in [0.3, 0.4) is 0 Å². The van der Waals surface area contributed by atoms with Crippen LogP contribution >= 0.6 is 0 Å². The molecule has 1 heterocycles. The summed E-state index contributed by atoms with van der Waals surface area (Å²) in [6, 6.07) is 7.91. The molecule has 0 spiro atoms. The van der Waals surface area contributed by atoms with Crippen molar-refractivity contribution in [2.75, 3.05) is 19.6 Å². The molecule has 6 N–H and O–H groups in total. The molecule has 3 atom stereocenters. The average Bonchev–Trinajstić information content (AvgIpc) is 2.94. The number of nitrogens with one attached hydrogen (secondary N) is 3. The molecule has 0 aromatic heterocycles. The monoisotopic (exact) mass is 664 g/mol. The van der Waals surface area contributed by atoms with Gasteiger partial charge in [-0.05, 0) is 78.6 Å². The number of carbonyl (C=O) groups is 5. The highest BCUT2D eigenvalue weighted by atomic mass is 16.6. The molecule has 1 aliphatic heterocycles. The van der Waals surface area contributed by atoms with Crippen LogP contribution in [-0.4, -0.2) is 99.7 Å². The third-order valence-corrected chi connectivity index (χ3v) is 7.01. The molecule has 0 radical (unpaired) electrons. The van der Waals surface area contributed by atoms with E-state index in [1.165, 1.54) is 4.90 Å². The van der Waals surface area contributed by atoms with E-state index in [1.54, 1.807) is 41.5 Å². The molecule has 0 bridgehead atoms. The minimum atomic E-state index is -1.97. The molecule has 0 aliphatic carbocycles. The zero-order chi connectivity index (χ0) is 35.4. The van der Waals surface area contributed by atoms with E-state index >= 15 is 0 Å². The van der Waals surface area contributed by atoms with Gasteiger partial charge in [0.2, 0.25) is 5.91 Å². The first-order valence-corrected chi connectivity index (χ1v) is 15.6. The molecule has 2 rings (SSSR count). The van der Waals surface area contributed by atoms with Crippen LogP contribution < -0.4 is 16.0 Å². The first-order valence-electron chi connectivity index (χ1n) is 15.6. The molecule has 262 valence electrons. The van der Waals surface area contributed by atoms with Gasteiger partial charge in [-0.3, -0.25) is 4.79 Å².